The molecule has 0 fully saturated rings. The summed E-state index contributed by atoms with van der Waals surface area (Å²) in [6.07, 6.45) is 9.15. The normalized spacial score (nSPS) is 17.3. The summed E-state index contributed by atoms with van der Waals surface area (Å²) in [5.41, 5.74) is 0. The number of esters is 1. The van der Waals surface area contributed by atoms with Gasteiger partial charge in [0.1, 0.15) is 6.10 Å². The van der Waals surface area contributed by atoms with Crippen LogP contribution in [0.25, 0.3) is 0 Å². The van der Waals surface area contributed by atoms with Crippen molar-refractivity contribution in [1.29, 1.82) is 0 Å². The molecule has 0 N–H and O–H groups in total. The minimum atomic E-state index is -0.164. The molecule has 0 saturated carbocycles. The van der Waals surface area contributed by atoms with Gasteiger partial charge in [-0.3, -0.25) is 4.79 Å². The lowest BCUT2D eigenvalue weighted by Gasteiger charge is -2.21. The summed E-state index contributed by atoms with van der Waals surface area (Å²) >= 11 is 0. The van der Waals surface area contributed by atoms with E-state index in [-0.39, 0.29) is 12.1 Å². The number of hydrogen-bond acceptors (Lipinski definition) is 2. The van der Waals surface area contributed by atoms with Crippen LogP contribution in [0.15, 0.2) is 0 Å². The van der Waals surface area contributed by atoms with E-state index in [1.165, 1.54) is 45.4 Å². The van der Waals surface area contributed by atoms with Crippen LogP contribution < -0.4 is 0 Å². The van der Waals surface area contributed by atoms with Crippen LogP contribution in [0.2, 0.25) is 0 Å². The summed E-state index contributed by atoms with van der Waals surface area (Å²) in [4.78, 5) is 10.9. The highest BCUT2D eigenvalue weighted by Crippen LogP contribution is 2.23. The van der Waals surface area contributed by atoms with Gasteiger partial charge in [0.05, 0.1) is 0 Å². The SMILES string of the molecule is CCCC[C@@H](C)C[C@@H](C)CCC[C@@H](C)[C@@H](C)OC(C)=O. The Balaban J connectivity index is 3.74. The summed E-state index contributed by atoms with van der Waals surface area (Å²) in [6.45, 7) is 12.7. The number of rotatable bonds is 11. The molecule has 2 nitrogen and oxygen atoms in total. The van der Waals surface area contributed by atoms with Gasteiger partial charge in [0.25, 0.3) is 0 Å². The molecule has 4 atom stereocenters. The molecule has 0 aliphatic carbocycles. The Hall–Kier alpha value is -0.530. The van der Waals surface area contributed by atoms with E-state index >= 15 is 0 Å². The summed E-state index contributed by atoms with van der Waals surface area (Å²) < 4.78 is 5.24. The molecule has 0 bridgehead atoms. The second-order valence-corrected chi connectivity index (χ2v) is 6.81. The Kier molecular flexibility index (Phi) is 10.9. The van der Waals surface area contributed by atoms with Crippen molar-refractivity contribution in [2.24, 2.45) is 17.8 Å². The highest BCUT2D eigenvalue weighted by atomic mass is 16.5. The molecule has 0 rings (SSSR count). The van der Waals surface area contributed by atoms with E-state index in [0.717, 1.165) is 18.3 Å². The van der Waals surface area contributed by atoms with Crippen LogP contribution in [0.3, 0.4) is 0 Å². The maximum Gasteiger partial charge on any atom is 0.302 e. The topological polar surface area (TPSA) is 26.3 Å². The third kappa shape index (κ3) is 10.3. The third-order valence-electron chi connectivity index (χ3n) is 4.36. The van der Waals surface area contributed by atoms with Gasteiger partial charge >= 0.3 is 5.97 Å². The average molecular weight is 284 g/mol. The van der Waals surface area contributed by atoms with Crippen LogP contribution >= 0.6 is 0 Å². The van der Waals surface area contributed by atoms with Gasteiger partial charge in [-0.25, -0.2) is 0 Å². The van der Waals surface area contributed by atoms with Gasteiger partial charge in [0.2, 0.25) is 0 Å². The summed E-state index contributed by atoms with van der Waals surface area (Å²) in [5.74, 6) is 1.98. The van der Waals surface area contributed by atoms with Crippen LogP contribution in [0.5, 0.6) is 0 Å². The van der Waals surface area contributed by atoms with E-state index < -0.39 is 0 Å². The zero-order valence-electron chi connectivity index (χ0n) is 14.6. The molecule has 120 valence electrons. The van der Waals surface area contributed by atoms with E-state index in [2.05, 4.69) is 27.7 Å². The smallest absolute Gasteiger partial charge is 0.302 e. The minimum absolute atomic E-state index is 0.0475. The molecule has 0 aromatic rings. The van der Waals surface area contributed by atoms with E-state index in [9.17, 15) is 4.79 Å². The predicted molar refractivity (Wildman–Crippen MR) is 86.7 cm³/mol. The average Bonchev–Trinajstić information content (AvgIpc) is 2.35. The Morgan fingerprint density at radius 3 is 2.00 bits per heavy atom. The molecule has 0 aliphatic heterocycles. The number of unbranched alkanes of at least 4 members (excludes halogenated alkanes) is 1. The van der Waals surface area contributed by atoms with Crippen molar-refractivity contribution in [3.05, 3.63) is 0 Å². The molecule has 20 heavy (non-hydrogen) atoms. The monoisotopic (exact) mass is 284 g/mol. The fourth-order valence-corrected chi connectivity index (χ4v) is 2.88. The maximum absolute atomic E-state index is 10.9. The second kappa shape index (κ2) is 11.2. The van der Waals surface area contributed by atoms with Crippen LogP contribution in [-0.2, 0) is 9.53 Å². The van der Waals surface area contributed by atoms with Gasteiger partial charge in [-0.05, 0) is 37.5 Å². The first kappa shape index (κ1) is 19.5. The Morgan fingerprint density at radius 2 is 1.50 bits per heavy atom. The van der Waals surface area contributed by atoms with Crippen molar-refractivity contribution in [2.45, 2.75) is 92.6 Å². The Morgan fingerprint density at radius 1 is 0.950 bits per heavy atom. The predicted octanol–water partition coefficient (Wildman–Crippen LogP) is 5.60. The molecule has 0 unspecified atom stereocenters. The lowest BCUT2D eigenvalue weighted by atomic mass is 9.88. The van der Waals surface area contributed by atoms with Gasteiger partial charge in [-0.1, -0.05) is 59.8 Å². The largest absolute Gasteiger partial charge is 0.463 e. The van der Waals surface area contributed by atoms with Crippen molar-refractivity contribution < 1.29 is 9.53 Å². The first-order valence-electron chi connectivity index (χ1n) is 8.54. The summed E-state index contributed by atoms with van der Waals surface area (Å²) in [6, 6.07) is 0. The van der Waals surface area contributed by atoms with Crippen molar-refractivity contribution >= 4 is 5.97 Å². The van der Waals surface area contributed by atoms with Gasteiger partial charge in [0.15, 0.2) is 0 Å². The van der Waals surface area contributed by atoms with E-state index in [1.54, 1.807) is 0 Å². The maximum atomic E-state index is 10.9. The first-order chi connectivity index (χ1) is 9.36. The van der Waals surface area contributed by atoms with E-state index in [1.807, 2.05) is 6.92 Å². The quantitative estimate of drug-likeness (QED) is 0.462. The Bertz CT molecular complexity index is 250. The van der Waals surface area contributed by atoms with Crippen molar-refractivity contribution in [3.63, 3.8) is 0 Å². The van der Waals surface area contributed by atoms with E-state index in [0.29, 0.717) is 5.92 Å². The van der Waals surface area contributed by atoms with Crippen LogP contribution in [0.1, 0.15) is 86.5 Å². The van der Waals surface area contributed by atoms with Crippen molar-refractivity contribution in [3.8, 4) is 0 Å². The number of carbonyl (C=O) groups is 1. The highest BCUT2D eigenvalue weighted by Gasteiger charge is 2.15. The lowest BCUT2D eigenvalue weighted by molar-refractivity contribution is -0.147. The van der Waals surface area contributed by atoms with Crippen molar-refractivity contribution in [2.75, 3.05) is 0 Å². The van der Waals surface area contributed by atoms with Crippen molar-refractivity contribution in [1.82, 2.24) is 0 Å². The number of ether oxygens (including phenoxy) is 1. The highest BCUT2D eigenvalue weighted by molar-refractivity contribution is 5.66. The molecular weight excluding hydrogens is 248 g/mol. The van der Waals surface area contributed by atoms with Gasteiger partial charge < -0.3 is 4.74 Å². The Labute approximate surface area is 126 Å². The van der Waals surface area contributed by atoms with Gasteiger partial charge in [-0.15, -0.1) is 0 Å². The molecule has 2 heteroatoms. The van der Waals surface area contributed by atoms with E-state index in [4.69, 9.17) is 4.74 Å². The molecule has 0 radical (unpaired) electrons. The number of carbonyl (C=O) groups excluding carboxylic acids is 1. The molecule has 0 heterocycles. The molecule has 0 amide bonds. The zero-order valence-corrected chi connectivity index (χ0v) is 14.6. The van der Waals surface area contributed by atoms with Crippen LogP contribution in [0, 0.1) is 17.8 Å². The fourth-order valence-electron chi connectivity index (χ4n) is 2.88. The fraction of sp³-hybridized carbons (Fsp3) is 0.944. The van der Waals surface area contributed by atoms with Gasteiger partial charge in [-0.2, -0.15) is 0 Å². The molecule has 0 spiro atoms. The minimum Gasteiger partial charge on any atom is -0.463 e. The molecule has 0 saturated heterocycles. The molecule has 0 aromatic heterocycles. The summed E-state index contributed by atoms with van der Waals surface area (Å²) in [7, 11) is 0. The van der Waals surface area contributed by atoms with Gasteiger partial charge in [0, 0.05) is 6.92 Å². The molecule has 0 aromatic carbocycles. The first-order valence-corrected chi connectivity index (χ1v) is 8.54. The molecular formula is C18H36O2. The zero-order chi connectivity index (χ0) is 15.5. The van der Waals surface area contributed by atoms with Crippen LogP contribution in [0.4, 0.5) is 0 Å². The third-order valence-corrected chi connectivity index (χ3v) is 4.36. The number of hydrogen-bond donors (Lipinski definition) is 0. The van der Waals surface area contributed by atoms with Crippen LogP contribution in [-0.4, -0.2) is 12.1 Å². The summed E-state index contributed by atoms with van der Waals surface area (Å²) in [5, 5.41) is 0. The molecule has 0 aliphatic rings. The second-order valence-electron chi connectivity index (χ2n) is 6.81. The standard InChI is InChI=1S/C18H36O2/c1-7-8-10-14(2)13-15(3)11-9-12-16(4)17(5)20-18(6)19/h14-17H,7-13H2,1-6H3/t14-,15+,16-,17-/m1/s1. The lowest BCUT2D eigenvalue weighted by Crippen LogP contribution is -2.20.